The van der Waals surface area contributed by atoms with Crippen molar-refractivity contribution in [2.75, 3.05) is 5.32 Å². The van der Waals surface area contributed by atoms with Gasteiger partial charge in [0.25, 0.3) is 0 Å². The second-order valence-corrected chi connectivity index (χ2v) is 6.30. The van der Waals surface area contributed by atoms with Crippen LogP contribution in [0.25, 0.3) is 11.3 Å². The number of nitrogens with one attached hydrogen (secondary N) is 1. The molecule has 0 spiro atoms. The molecular formula is C18H15Cl2N3O3. The van der Waals surface area contributed by atoms with Crippen LogP contribution in [0.15, 0.2) is 53.1 Å². The lowest BCUT2D eigenvalue weighted by atomic mass is 10.1. The molecule has 0 radical (unpaired) electrons. The molecule has 0 aliphatic heterocycles. The van der Waals surface area contributed by atoms with Crippen molar-refractivity contribution in [1.82, 2.24) is 5.16 Å². The molecule has 1 heterocycles. The molecule has 0 unspecified atom stereocenters. The maximum absolute atomic E-state index is 10.6. The van der Waals surface area contributed by atoms with Crippen molar-refractivity contribution in [3.05, 3.63) is 69.9 Å². The van der Waals surface area contributed by atoms with Gasteiger partial charge < -0.3 is 20.3 Å². The molecule has 0 bridgehead atoms. The van der Waals surface area contributed by atoms with Gasteiger partial charge in [0, 0.05) is 33.9 Å². The molecule has 0 fully saturated rings. The van der Waals surface area contributed by atoms with Crippen molar-refractivity contribution in [2.24, 2.45) is 5.73 Å². The zero-order chi connectivity index (χ0) is 18.5. The number of carbonyl (C=O) groups excluding carboxylic acids is 1. The van der Waals surface area contributed by atoms with Crippen LogP contribution in [-0.4, -0.2) is 11.2 Å². The minimum absolute atomic E-state index is 0.0532. The number of rotatable bonds is 6. The Bertz CT molecular complexity index is 910. The first-order chi connectivity index (χ1) is 12.5. The van der Waals surface area contributed by atoms with E-state index in [2.05, 4.69) is 15.2 Å². The van der Waals surface area contributed by atoms with Crippen LogP contribution in [-0.2, 0) is 17.9 Å². The summed E-state index contributed by atoms with van der Waals surface area (Å²) in [7, 11) is 0. The van der Waals surface area contributed by atoms with Crippen molar-refractivity contribution in [1.29, 1.82) is 0 Å². The zero-order valence-electron chi connectivity index (χ0n) is 13.5. The fourth-order valence-corrected chi connectivity index (χ4v) is 2.67. The monoisotopic (exact) mass is 391 g/mol. The van der Waals surface area contributed by atoms with Crippen LogP contribution in [0, 0.1) is 0 Å². The molecule has 0 aliphatic carbocycles. The van der Waals surface area contributed by atoms with E-state index in [1.165, 1.54) is 0 Å². The van der Waals surface area contributed by atoms with Crippen molar-refractivity contribution in [3.63, 3.8) is 0 Å². The Morgan fingerprint density at radius 1 is 1.15 bits per heavy atom. The number of nitrogens with zero attached hydrogens (tertiary/aromatic N) is 1. The Morgan fingerprint density at radius 2 is 1.92 bits per heavy atom. The summed E-state index contributed by atoms with van der Waals surface area (Å²) in [5.74, 6) is 0.414. The van der Waals surface area contributed by atoms with Crippen molar-refractivity contribution >= 4 is 35.0 Å². The number of anilines is 1. The molecule has 3 aromatic rings. The molecule has 0 aliphatic rings. The van der Waals surface area contributed by atoms with E-state index in [0.29, 0.717) is 28.0 Å². The number of nitrogens with two attached hydrogens (primary N) is 1. The number of hydrogen-bond acceptors (Lipinski definition) is 5. The Labute approximate surface area is 159 Å². The quantitative estimate of drug-likeness (QED) is 0.626. The summed E-state index contributed by atoms with van der Waals surface area (Å²) < 4.78 is 9.77. The number of primary amides is 1. The highest BCUT2D eigenvalue weighted by Crippen LogP contribution is 2.24. The maximum atomic E-state index is 10.6. The van der Waals surface area contributed by atoms with Gasteiger partial charge in [-0.2, -0.15) is 0 Å². The lowest BCUT2D eigenvalue weighted by Gasteiger charge is -2.09. The van der Waals surface area contributed by atoms with E-state index in [9.17, 15) is 4.79 Å². The summed E-state index contributed by atoms with van der Waals surface area (Å²) in [6, 6.07) is 14.7. The summed E-state index contributed by atoms with van der Waals surface area (Å²) >= 11 is 12.2. The third-order valence-corrected chi connectivity index (χ3v) is 4.19. The molecule has 1 aromatic heterocycles. The molecule has 1 amide bonds. The lowest BCUT2D eigenvalue weighted by Crippen LogP contribution is -2.12. The van der Waals surface area contributed by atoms with Gasteiger partial charge in [0.1, 0.15) is 5.69 Å². The summed E-state index contributed by atoms with van der Waals surface area (Å²) in [6.07, 6.45) is -0.863. The first kappa shape index (κ1) is 18.1. The normalized spacial score (nSPS) is 10.5. The largest absolute Gasteiger partial charge is 0.441 e. The van der Waals surface area contributed by atoms with Gasteiger partial charge in [-0.25, -0.2) is 4.79 Å². The van der Waals surface area contributed by atoms with Crippen LogP contribution < -0.4 is 11.1 Å². The third-order valence-electron chi connectivity index (χ3n) is 3.59. The van der Waals surface area contributed by atoms with Crippen molar-refractivity contribution in [2.45, 2.75) is 13.2 Å². The van der Waals surface area contributed by atoms with Crippen molar-refractivity contribution < 1.29 is 14.1 Å². The van der Waals surface area contributed by atoms with Crippen LogP contribution in [0.2, 0.25) is 10.0 Å². The van der Waals surface area contributed by atoms with Gasteiger partial charge in [0.2, 0.25) is 0 Å². The van der Waals surface area contributed by atoms with Crippen LogP contribution in [0.1, 0.15) is 11.3 Å². The number of halogens is 2. The van der Waals surface area contributed by atoms with E-state index in [-0.39, 0.29) is 6.61 Å². The average molecular weight is 392 g/mol. The minimum Gasteiger partial charge on any atom is -0.441 e. The molecular weight excluding hydrogens is 377 g/mol. The smallest absolute Gasteiger partial charge is 0.404 e. The Morgan fingerprint density at radius 3 is 2.65 bits per heavy atom. The Kier molecular flexibility index (Phi) is 5.65. The summed E-state index contributed by atoms with van der Waals surface area (Å²) in [4.78, 5) is 10.6. The molecule has 26 heavy (non-hydrogen) atoms. The van der Waals surface area contributed by atoms with Gasteiger partial charge in [0.15, 0.2) is 12.4 Å². The number of carbonyl (C=O) groups is 1. The molecule has 8 heteroatoms. The van der Waals surface area contributed by atoms with E-state index in [1.807, 2.05) is 30.3 Å². The highest BCUT2D eigenvalue weighted by atomic mass is 35.5. The first-order valence-corrected chi connectivity index (χ1v) is 8.43. The van der Waals surface area contributed by atoms with E-state index in [4.69, 9.17) is 33.5 Å². The van der Waals surface area contributed by atoms with Gasteiger partial charge in [-0.3, -0.25) is 0 Å². The van der Waals surface area contributed by atoms with Gasteiger partial charge in [-0.05, 0) is 35.9 Å². The van der Waals surface area contributed by atoms with Gasteiger partial charge in [-0.1, -0.05) is 40.5 Å². The first-order valence-electron chi connectivity index (χ1n) is 7.67. The second kappa shape index (κ2) is 8.12. The predicted octanol–water partition coefficient (Wildman–Crippen LogP) is 4.86. The number of ether oxygens (including phenoxy) is 1. The van der Waals surface area contributed by atoms with E-state index < -0.39 is 6.09 Å². The fourth-order valence-electron chi connectivity index (χ4n) is 2.29. The second-order valence-electron chi connectivity index (χ2n) is 5.45. The van der Waals surface area contributed by atoms with Gasteiger partial charge in [-0.15, -0.1) is 0 Å². The SMILES string of the molecule is NC(=O)OCc1cc(-c2ccc(NCc3cc(Cl)ccc3Cl)cc2)no1. The maximum Gasteiger partial charge on any atom is 0.404 e. The lowest BCUT2D eigenvalue weighted by molar-refractivity contribution is 0.137. The number of aromatic nitrogens is 1. The molecule has 3 rings (SSSR count). The van der Waals surface area contributed by atoms with Gasteiger partial charge in [0.05, 0.1) is 0 Å². The highest BCUT2D eigenvalue weighted by molar-refractivity contribution is 6.33. The highest BCUT2D eigenvalue weighted by Gasteiger charge is 2.08. The average Bonchev–Trinajstić information content (AvgIpc) is 3.10. The molecule has 0 atom stereocenters. The minimum atomic E-state index is -0.863. The van der Waals surface area contributed by atoms with E-state index in [0.717, 1.165) is 16.8 Å². The topological polar surface area (TPSA) is 90.4 Å². The summed E-state index contributed by atoms with van der Waals surface area (Å²) in [5, 5.41) is 8.54. The predicted molar refractivity (Wildman–Crippen MR) is 100 cm³/mol. The Hall–Kier alpha value is -2.70. The summed E-state index contributed by atoms with van der Waals surface area (Å²) in [6.45, 7) is 0.500. The standard InChI is InChI=1S/C18H15Cl2N3O3/c19-13-3-6-16(20)12(7-13)9-22-14-4-1-11(2-5-14)17-8-15(26-23-17)10-25-18(21)24/h1-8,22H,9-10H2,(H2,21,24). The number of benzene rings is 2. The van der Waals surface area contributed by atoms with E-state index >= 15 is 0 Å². The number of hydrogen-bond donors (Lipinski definition) is 2. The third kappa shape index (κ3) is 4.68. The number of amides is 1. The van der Waals surface area contributed by atoms with Crippen LogP contribution in [0.3, 0.4) is 0 Å². The van der Waals surface area contributed by atoms with Crippen LogP contribution >= 0.6 is 23.2 Å². The molecule has 134 valence electrons. The molecule has 6 nitrogen and oxygen atoms in total. The summed E-state index contributed by atoms with van der Waals surface area (Å²) in [5.41, 5.74) is 8.26. The molecule has 0 saturated carbocycles. The van der Waals surface area contributed by atoms with Crippen molar-refractivity contribution in [3.8, 4) is 11.3 Å². The Balaban J connectivity index is 1.63. The molecule has 2 aromatic carbocycles. The van der Waals surface area contributed by atoms with Gasteiger partial charge >= 0.3 is 6.09 Å². The van der Waals surface area contributed by atoms with Crippen LogP contribution in [0.4, 0.5) is 10.5 Å². The zero-order valence-corrected chi connectivity index (χ0v) is 15.1. The molecule has 3 N–H and O–H groups in total. The molecule has 0 saturated heterocycles. The fraction of sp³-hybridized carbons (Fsp3) is 0.111. The van der Waals surface area contributed by atoms with E-state index in [1.54, 1.807) is 18.2 Å². The van der Waals surface area contributed by atoms with Crippen LogP contribution in [0.5, 0.6) is 0 Å².